The van der Waals surface area contributed by atoms with Crippen LogP contribution in [0.15, 0.2) is 12.2 Å². The van der Waals surface area contributed by atoms with Crippen LogP contribution in [0.25, 0.3) is 0 Å². The molecule has 0 spiro atoms. The number of nitrogens with one attached hydrogen (secondary N) is 2. The summed E-state index contributed by atoms with van der Waals surface area (Å²) >= 11 is 0. The van der Waals surface area contributed by atoms with Gasteiger partial charge in [0.05, 0.1) is 26.6 Å². The summed E-state index contributed by atoms with van der Waals surface area (Å²) in [6.07, 6.45) is 3.77. The Morgan fingerprint density at radius 2 is 1.59 bits per heavy atom. The molecule has 2 amide bonds. The van der Waals surface area contributed by atoms with Crippen molar-refractivity contribution in [2.24, 2.45) is 22.5 Å². The van der Waals surface area contributed by atoms with Crippen LogP contribution in [0.4, 0.5) is 0 Å². The number of halogens is 1. The first-order chi connectivity index (χ1) is 18.9. The summed E-state index contributed by atoms with van der Waals surface area (Å²) in [6.45, 7) is 30.4. The maximum Gasteiger partial charge on any atom is 0.228 e. The van der Waals surface area contributed by atoms with Crippen molar-refractivity contribution in [3.05, 3.63) is 12.2 Å². The molecule has 0 radical (unpaired) electrons. The first kappa shape index (κ1) is 41.9. The number of hydrogen-bond acceptors (Lipinski definition) is 7. The molecule has 0 bridgehead atoms. The van der Waals surface area contributed by atoms with Gasteiger partial charge in [0.25, 0.3) is 0 Å². The van der Waals surface area contributed by atoms with Crippen LogP contribution in [0, 0.1) is 16.7 Å². The summed E-state index contributed by atoms with van der Waals surface area (Å²) in [4.78, 5) is 27.6. The second-order valence-corrected chi connectivity index (χ2v) is 12.1. The van der Waals surface area contributed by atoms with Gasteiger partial charge in [-0.25, -0.2) is 0 Å². The number of carbonyl (C=O) groups is 2. The molecule has 0 aromatic heterocycles. The lowest BCUT2D eigenvalue weighted by Gasteiger charge is -2.34. The predicted octanol–water partition coefficient (Wildman–Crippen LogP) is 4.06. The van der Waals surface area contributed by atoms with E-state index in [1.807, 2.05) is 39.5 Å². The molecule has 9 nitrogen and oxygen atoms in total. The first-order valence-electron chi connectivity index (χ1n) is 15.4. The fourth-order valence-corrected chi connectivity index (χ4v) is 3.62. The van der Waals surface area contributed by atoms with Crippen molar-refractivity contribution >= 4 is 24.2 Å². The lowest BCUT2D eigenvalue weighted by atomic mass is 9.88. The molecule has 4 N–H and O–H groups in total. The highest BCUT2D eigenvalue weighted by Crippen LogP contribution is 2.23. The average Bonchev–Trinajstić information content (AvgIpc) is 2.97. The van der Waals surface area contributed by atoms with E-state index >= 15 is 0 Å². The zero-order chi connectivity index (χ0) is 30.6. The standard InChI is InChI=1S/C12H23NO2.C10H20N2O.C9H20N2O.ClH/c1-4-11(2)12(3)9-15-10-13-5-7-14-8-6-13;1-4-10(2,3)9(13)12-7-5-11-6-8-12;1-4-9(2,3)8(12)11-7-5-6-10;/h11H,3-10H2,1-2H3;11H,4-8H2,1-3H3;4-7,10H2,1-3H3,(H,11,12);1H. The van der Waals surface area contributed by atoms with Gasteiger partial charge in [-0.3, -0.25) is 14.5 Å². The summed E-state index contributed by atoms with van der Waals surface area (Å²) in [6, 6.07) is 0. The maximum atomic E-state index is 11.9. The largest absolute Gasteiger partial charge is 0.379 e. The predicted molar refractivity (Wildman–Crippen MR) is 173 cm³/mol. The van der Waals surface area contributed by atoms with Gasteiger partial charge in [0, 0.05) is 56.6 Å². The van der Waals surface area contributed by atoms with E-state index in [2.05, 4.69) is 42.9 Å². The third-order valence-corrected chi connectivity index (χ3v) is 8.01. The number of rotatable bonds is 13. The molecule has 10 heteroatoms. The van der Waals surface area contributed by atoms with Crippen LogP contribution in [-0.4, -0.2) is 101 Å². The highest BCUT2D eigenvalue weighted by Gasteiger charge is 2.30. The Kier molecular flexibility index (Phi) is 23.8. The van der Waals surface area contributed by atoms with Gasteiger partial charge in [-0.15, -0.1) is 12.4 Å². The van der Waals surface area contributed by atoms with Crippen LogP contribution in [0.3, 0.4) is 0 Å². The maximum absolute atomic E-state index is 11.9. The molecular weight excluding hydrogens is 542 g/mol. The Morgan fingerprint density at radius 3 is 2.07 bits per heavy atom. The van der Waals surface area contributed by atoms with Crippen molar-refractivity contribution in [1.82, 2.24) is 20.4 Å². The molecule has 244 valence electrons. The summed E-state index contributed by atoms with van der Waals surface area (Å²) in [5.74, 6) is 0.990. The molecule has 2 aliphatic heterocycles. The fourth-order valence-electron chi connectivity index (χ4n) is 3.62. The Balaban J connectivity index is 0. The van der Waals surface area contributed by atoms with Gasteiger partial charge in [-0.05, 0) is 43.7 Å². The van der Waals surface area contributed by atoms with Crippen LogP contribution in [-0.2, 0) is 19.1 Å². The van der Waals surface area contributed by atoms with Crippen molar-refractivity contribution < 1.29 is 19.1 Å². The lowest BCUT2D eigenvalue weighted by Crippen LogP contribution is -2.50. The number of amides is 2. The summed E-state index contributed by atoms with van der Waals surface area (Å²) in [5, 5.41) is 6.10. The van der Waals surface area contributed by atoms with Crippen molar-refractivity contribution in [2.45, 2.75) is 81.1 Å². The van der Waals surface area contributed by atoms with E-state index in [4.69, 9.17) is 15.2 Å². The summed E-state index contributed by atoms with van der Waals surface area (Å²) in [7, 11) is 0. The average molecular weight is 606 g/mol. The number of morpholine rings is 1. The van der Waals surface area contributed by atoms with Crippen LogP contribution in [0.1, 0.15) is 81.1 Å². The molecular formula is C31H64ClN5O4. The number of piperazine rings is 1. The number of nitrogens with two attached hydrogens (primary N) is 1. The Morgan fingerprint density at radius 1 is 1.02 bits per heavy atom. The molecule has 2 rings (SSSR count). The van der Waals surface area contributed by atoms with Gasteiger partial charge in [-0.2, -0.15) is 0 Å². The molecule has 0 aromatic rings. The lowest BCUT2D eigenvalue weighted by molar-refractivity contribution is -0.141. The number of hydrogen-bond donors (Lipinski definition) is 3. The molecule has 0 aliphatic carbocycles. The Bertz CT molecular complexity index is 709. The topological polar surface area (TPSA) is 109 Å². The van der Waals surface area contributed by atoms with E-state index in [0.29, 0.717) is 38.3 Å². The van der Waals surface area contributed by atoms with Crippen LogP contribution >= 0.6 is 12.4 Å². The smallest absolute Gasteiger partial charge is 0.228 e. The quantitative estimate of drug-likeness (QED) is 0.215. The molecule has 2 heterocycles. The van der Waals surface area contributed by atoms with E-state index in [1.54, 1.807) is 0 Å². The van der Waals surface area contributed by atoms with Gasteiger partial charge < -0.3 is 30.7 Å². The molecule has 0 saturated carbocycles. The minimum Gasteiger partial charge on any atom is -0.379 e. The SMILES string of the molecule is C=C(COCN1CCOCC1)C(C)CC.CCC(C)(C)C(=O)N1CCNCC1.CCC(C)(C)C(=O)NCCCN.Cl. The van der Waals surface area contributed by atoms with E-state index < -0.39 is 0 Å². The first-order valence-corrected chi connectivity index (χ1v) is 15.4. The van der Waals surface area contributed by atoms with Crippen LogP contribution in [0.2, 0.25) is 0 Å². The third kappa shape index (κ3) is 18.1. The zero-order valence-electron chi connectivity index (χ0n) is 27.6. The zero-order valence-corrected chi connectivity index (χ0v) is 28.4. The summed E-state index contributed by atoms with van der Waals surface area (Å²) in [5.41, 5.74) is 6.08. The molecule has 0 aromatic carbocycles. The van der Waals surface area contributed by atoms with Gasteiger partial charge in [0.2, 0.25) is 11.8 Å². The van der Waals surface area contributed by atoms with Gasteiger partial charge in [-0.1, -0.05) is 62.0 Å². The molecule has 2 aliphatic rings. The second-order valence-electron chi connectivity index (χ2n) is 12.1. The van der Waals surface area contributed by atoms with Crippen molar-refractivity contribution in [1.29, 1.82) is 0 Å². The number of nitrogens with zero attached hydrogens (tertiary/aromatic N) is 2. The Hall–Kier alpha value is -1.23. The summed E-state index contributed by atoms with van der Waals surface area (Å²) < 4.78 is 10.9. The third-order valence-electron chi connectivity index (χ3n) is 8.01. The minimum absolute atomic E-state index is 0. The number of ether oxygens (including phenoxy) is 2. The highest BCUT2D eigenvalue weighted by atomic mass is 35.5. The molecule has 41 heavy (non-hydrogen) atoms. The van der Waals surface area contributed by atoms with Gasteiger partial charge in [0.1, 0.15) is 0 Å². The Labute approximate surface area is 258 Å². The monoisotopic (exact) mass is 605 g/mol. The molecule has 1 atom stereocenters. The van der Waals surface area contributed by atoms with Crippen molar-refractivity contribution in [2.75, 3.05) is 78.9 Å². The molecule has 1 unspecified atom stereocenters. The molecule has 2 fully saturated rings. The van der Waals surface area contributed by atoms with E-state index in [1.165, 1.54) is 5.57 Å². The van der Waals surface area contributed by atoms with Gasteiger partial charge >= 0.3 is 0 Å². The van der Waals surface area contributed by atoms with Gasteiger partial charge in [0.15, 0.2) is 0 Å². The number of carbonyl (C=O) groups excluding carboxylic acids is 2. The van der Waals surface area contributed by atoms with Crippen LogP contribution < -0.4 is 16.4 Å². The van der Waals surface area contributed by atoms with E-state index in [9.17, 15) is 9.59 Å². The van der Waals surface area contributed by atoms with E-state index in [0.717, 1.165) is 78.2 Å². The minimum atomic E-state index is -0.241. The highest BCUT2D eigenvalue weighted by molar-refractivity contribution is 5.85. The van der Waals surface area contributed by atoms with Crippen LogP contribution in [0.5, 0.6) is 0 Å². The second kappa shape index (κ2) is 23.3. The van der Waals surface area contributed by atoms with E-state index in [-0.39, 0.29) is 29.1 Å². The van der Waals surface area contributed by atoms with Crippen molar-refractivity contribution in [3.8, 4) is 0 Å². The molecule has 2 saturated heterocycles. The van der Waals surface area contributed by atoms with Crippen molar-refractivity contribution in [3.63, 3.8) is 0 Å². The fraction of sp³-hybridized carbons (Fsp3) is 0.871. The normalized spacial score (nSPS) is 16.7.